The zero-order chi connectivity index (χ0) is 15.4. The molecule has 1 heterocycles. The van der Waals surface area contributed by atoms with Crippen LogP contribution in [0.3, 0.4) is 0 Å². The monoisotopic (exact) mass is 322 g/mol. The molecule has 0 saturated heterocycles. The van der Waals surface area contributed by atoms with Gasteiger partial charge < -0.3 is 5.11 Å². The second-order valence-corrected chi connectivity index (χ2v) is 5.88. The lowest BCUT2D eigenvalue weighted by molar-refractivity contribution is 0.0690. The number of aromatic carboxylic acids is 1. The predicted molar refractivity (Wildman–Crippen MR) is 84.1 cm³/mol. The van der Waals surface area contributed by atoms with E-state index in [1.807, 2.05) is 31.2 Å². The van der Waals surface area contributed by atoms with Crippen LogP contribution in [0.4, 0.5) is 0 Å². The van der Waals surface area contributed by atoms with Crippen LogP contribution in [0.1, 0.15) is 34.4 Å². The highest BCUT2D eigenvalue weighted by Gasteiger charge is 2.18. The molecule has 2 rings (SSSR count). The van der Waals surface area contributed by atoms with Crippen LogP contribution < -0.4 is 0 Å². The van der Waals surface area contributed by atoms with E-state index in [2.05, 4.69) is 9.97 Å². The summed E-state index contributed by atoms with van der Waals surface area (Å²) in [4.78, 5) is 20.0. The Morgan fingerprint density at radius 3 is 2.52 bits per heavy atom. The second kappa shape index (κ2) is 6.91. The molecule has 4 nitrogen and oxygen atoms in total. The number of hydrogen-bond donors (Lipinski definition) is 1. The number of hydrogen-bond acceptors (Lipinski definition) is 4. The molecule has 2 aromatic rings. The Bertz CT molecular complexity index is 659. The number of benzene rings is 1. The summed E-state index contributed by atoms with van der Waals surface area (Å²) in [6.45, 7) is 3.65. The summed E-state index contributed by atoms with van der Waals surface area (Å²) >= 11 is 7.25. The predicted octanol–water partition coefficient (Wildman–Crippen LogP) is 3.99. The van der Waals surface area contributed by atoms with Gasteiger partial charge in [-0.05, 0) is 24.6 Å². The fourth-order valence-corrected chi connectivity index (χ4v) is 3.01. The molecule has 0 atom stereocenters. The van der Waals surface area contributed by atoms with Gasteiger partial charge in [0.2, 0.25) is 0 Å². The van der Waals surface area contributed by atoms with Crippen LogP contribution in [0.5, 0.6) is 0 Å². The highest BCUT2D eigenvalue weighted by Crippen LogP contribution is 2.27. The number of carbonyl (C=O) groups is 1. The lowest BCUT2D eigenvalue weighted by Crippen LogP contribution is -2.09. The molecule has 0 spiro atoms. The van der Waals surface area contributed by atoms with Crippen LogP contribution in [-0.4, -0.2) is 21.0 Å². The first-order valence-electron chi connectivity index (χ1n) is 6.49. The minimum Gasteiger partial charge on any atom is -0.478 e. The zero-order valence-electron chi connectivity index (χ0n) is 11.8. The quantitative estimate of drug-likeness (QED) is 0.666. The van der Waals surface area contributed by atoms with Crippen molar-refractivity contribution in [1.29, 1.82) is 0 Å². The molecule has 21 heavy (non-hydrogen) atoms. The fraction of sp³-hybridized carbons (Fsp3) is 0.267. The smallest absolute Gasteiger partial charge is 0.340 e. The van der Waals surface area contributed by atoms with Crippen molar-refractivity contribution < 1.29 is 9.90 Å². The van der Waals surface area contributed by atoms with Gasteiger partial charge >= 0.3 is 5.97 Å². The van der Waals surface area contributed by atoms with Gasteiger partial charge in [0, 0.05) is 17.2 Å². The maximum absolute atomic E-state index is 11.4. The van der Waals surface area contributed by atoms with Gasteiger partial charge in [-0.15, -0.1) is 11.8 Å². The Labute approximate surface area is 132 Å². The summed E-state index contributed by atoms with van der Waals surface area (Å²) in [6, 6.07) is 7.48. The number of aryl methyl sites for hydroxylation is 2. The van der Waals surface area contributed by atoms with Gasteiger partial charge in [-0.1, -0.05) is 30.7 Å². The molecule has 0 bridgehead atoms. The number of aromatic nitrogens is 2. The summed E-state index contributed by atoms with van der Waals surface area (Å²) in [5.74, 6) is 0.307. The molecular formula is C15H15ClN2O2S. The highest BCUT2D eigenvalue weighted by molar-refractivity contribution is 7.98. The molecule has 1 aromatic heterocycles. The Balaban J connectivity index is 2.27. The molecule has 1 N–H and O–H groups in total. The van der Waals surface area contributed by atoms with Gasteiger partial charge in [0.05, 0.1) is 5.69 Å². The van der Waals surface area contributed by atoms with Gasteiger partial charge in [0.15, 0.2) is 0 Å². The minimum atomic E-state index is -0.992. The fourth-order valence-electron chi connectivity index (χ4n) is 1.84. The van der Waals surface area contributed by atoms with E-state index in [1.165, 1.54) is 11.8 Å². The number of carboxylic acid groups (broad SMARTS) is 1. The van der Waals surface area contributed by atoms with Crippen molar-refractivity contribution in [1.82, 2.24) is 9.97 Å². The molecule has 0 amide bonds. The first-order valence-corrected chi connectivity index (χ1v) is 7.85. The Morgan fingerprint density at radius 2 is 1.95 bits per heavy atom. The second-order valence-electron chi connectivity index (χ2n) is 4.48. The van der Waals surface area contributed by atoms with Crippen molar-refractivity contribution >= 4 is 29.3 Å². The average molecular weight is 323 g/mol. The van der Waals surface area contributed by atoms with Crippen molar-refractivity contribution in [3.8, 4) is 0 Å². The lowest BCUT2D eigenvalue weighted by atomic mass is 10.2. The minimum absolute atomic E-state index is 0.186. The number of nitrogens with zero attached hydrogens (tertiary/aromatic N) is 2. The van der Waals surface area contributed by atoms with Gasteiger partial charge in [0.25, 0.3) is 0 Å². The van der Waals surface area contributed by atoms with Crippen LogP contribution in [0, 0.1) is 6.92 Å². The number of rotatable bonds is 5. The largest absolute Gasteiger partial charge is 0.478 e. The molecule has 0 unspecified atom stereocenters. The van der Waals surface area contributed by atoms with Crippen molar-refractivity contribution in [3.63, 3.8) is 0 Å². The van der Waals surface area contributed by atoms with E-state index in [1.54, 1.807) is 6.92 Å². The van der Waals surface area contributed by atoms with E-state index in [9.17, 15) is 9.90 Å². The SMILES string of the molecule is CCc1nc(C)c(C(=O)O)c(SCc2ccc(Cl)cc2)n1. The van der Waals surface area contributed by atoms with Gasteiger partial charge in [-0.25, -0.2) is 14.8 Å². The van der Waals surface area contributed by atoms with E-state index in [0.29, 0.717) is 33.7 Å². The van der Waals surface area contributed by atoms with Crippen LogP contribution in [0.15, 0.2) is 29.3 Å². The standard InChI is InChI=1S/C15H15ClN2O2S/c1-3-12-17-9(2)13(15(19)20)14(18-12)21-8-10-4-6-11(16)7-5-10/h4-7H,3,8H2,1-2H3,(H,19,20). The Kier molecular flexibility index (Phi) is 5.20. The first kappa shape index (κ1) is 15.8. The van der Waals surface area contributed by atoms with Crippen molar-refractivity contribution in [2.45, 2.75) is 31.0 Å². The Hall–Kier alpha value is -1.59. The third-order valence-corrected chi connectivity index (χ3v) is 4.22. The maximum Gasteiger partial charge on any atom is 0.340 e. The van der Waals surface area contributed by atoms with E-state index < -0.39 is 5.97 Å². The van der Waals surface area contributed by atoms with E-state index in [4.69, 9.17) is 11.6 Å². The van der Waals surface area contributed by atoms with Crippen LogP contribution >= 0.6 is 23.4 Å². The third-order valence-electron chi connectivity index (χ3n) is 2.92. The lowest BCUT2D eigenvalue weighted by Gasteiger charge is -2.09. The number of thioether (sulfide) groups is 1. The topological polar surface area (TPSA) is 63.1 Å². The normalized spacial score (nSPS) is 10.6. The highest BCUT2D eigenvalue weighted by atomic mass is 35.5. The van der Waals surface area contributed by atoms with Crippen LogP contribution in [0.25, 0.3) is 0 Å². The van der Waals surface area contributed by atoms with E-state index >= 15 is 0 Å². The Morgan fingerprint density at radius 1 is 1.29 bits per heavy atom. The molecule has 6 heteroatoms. The molecule has 0 aliphatic heterocycles. The first-order chi connectivity index (χ1) is 10.0. The summed E-state index contributed by atoms with van der Waals surface area (Å²) in [5, 5.41) is 10.5. The van der Waals surface area contributed by atoms with Crippen molar-refractivity contribution in [2.75, 3.05) is 0 Å². The summed E-state index contributed by atoms with van der Waals surface area (Å²) in [6.07, 6.45) is 0.676. The summed E-state index contributed by atoms with van der Waals surface area (Å²) in [5.41, 5.74) is 1.76. The molecule has 1 aromatic carbocycles. The zero-order valence-corrected chi connectivity index (χ0v) is 13.3. The molecule has 0 radical (unpaired) electrons. The van der Waals surface area contributed by atoms with Crippen LogP contribution in [-0.2, 0) is 12.2 Å². The number of carboxylic acids is 1. The van der Waals surface area contributed by atoms with Gasteiger partial charge in [-0.3, -0.25) is 0 Å². The van der Waals surface area contributed by atoms with Crippen molar-refractivity contribution in [2.24, 2.45) is 0 Å². The average Bonchev–Trinajstić information content (AvgIpc) is 2.45. The molecule has 0 saturated carbocycles. The molecule has 0 aliphatic carbocycles. The summed E-state index contributed by atoms with van der Waals surface area (Å²) in [7, 11) is 0. The number of halogens is 1. The van der Waals surface area contributed by atoms with Crippen molar-refractivity contribution in [3.05, 3.63) is 51.9 Å². The van der Waals surface area contributed by atoms with Gasteiger partial charge in [0.1, 0.15) is 16.4 Å². The third kappa shape index (κ3) is 3.95. The molecule has 0 aliphatic rings. The molecular weight excluding hydrogens is 308 g/mol. The molecule has 0 fully saturated rings. The van der Waals surface area contributed by atoms with Gasteiger partial charge in [-0.2, -0.15) is 0 Å². The molecule has 110 valence electrons. The van der Waals surface area contributed by atoms with Crippen LogP contribution in [0.2, 0.25) is 5.02 Å². The van der Waals surface area contributed by atoms with E-state index in [-0.39, 0.29) is 5.56 Å². The van der Waals surface area contributed by atoms with E-state index in [0.717, 1.165) is 5.56 Å². The maximum atomic E-state index is 11.4. The summed E-state index contributed by atoms with van der Waals surface area (Å²) < 4.78 is 0.